The van der Waals surface area contributed by atoms with Crippen molar-refractivity contribution < 1.29 is 0 Å². The molecule has 0 aromatic carbocycles. The van der Waals surface area contributed by atoms with Crippen molar-refractivity contribution in [3.63, 3.8) is 0 Å². The van der Waals surface area contributed by atoms with E-state index in [0.29, 0.717) is 12.5 Å². The smallest absolute Gasteiger partial charge is 0.274 e. The van der Waals surface area contributed by atoms with Crippen molar-refractivity contribution in [3.05, 3.63) is 33.9 Å². The predicted octanol–water partition coefficient (Wildman–Crippen LogP) is 1.05. The lowest BCUT2D eigenvalue weighted by molar-refractivity contribution is 0.717. The van der Waals surface area contributed by atoms with E-state index < -0.39 is 0 Å². The number of nitrogens with two attached hydrogens (primary N) is 1. The first-order valence-corrected chi connectivity index (χ1v) is 6.33. The summed E-state index contributed by atoms with van der Waals surface area (Å²) in [5.74, 6) is 0.316. The molecule has 0 saturated carbocycles. The van der Waals surface area contributed by atoms with Gasteiger partial charge in [0.15, 0.2) is 0 Å². The summed E-state index contributed by atoms with van der Waals surface area (Å²) < 4.78 is 3.50. The van der Waals surface area contributed by atoms with Crippen LogP contribution in [0.3, 0.4) is 0 Å². The quantitative estimate of drug-likeness (QED) is 0.879. The van der Waals surface area contributed by atoms with Gasteiger partial charge >= 0.3 is 0 Å². The maximum atomic E-state index is 12.0. The second kappa shape index (κ2) is 4.94. The number of fused-ring (bicyclic) bond motifs is 1. The molecule has 5 nitrogen and oxygen atoms in total. The molecule has 98 valence electrons. The first-order chi connectivity index (χ1) is 8.54. The van der Waals surface area contributed by atoms with E-state index in [1.807, 2.05) is 17.7 Å². The van der Waals surface area contributed by atoms with E-state index >= 15 is 0 Å². The summed E-state index contributed by atoms with van der Waals surface area (Å²) in [6, 6.07) is 3.64. The van der Waals surface area contributed by atoms with Gasteiger partial charge in [0, 0.05) is 24.9 Å². The van der Waals surface area contributed by atoms with E-state index in [4.69, 9.17) is 5.73 Å². The molecule has 0 bridgehead atoms. The molecular weight excluding hydrogens is 228 g/mol. The van der Waals surface area contributed by atoms with Gasteiger partial charge in [-0.05, 0) is 25.3 Å². The molecule has 2 rings (SSSR count). The lowest BCUT2D eigenvalue weighted by Gasteiger charge is -2.09. The number of aromatic nitrogens is 3. The van der Waals surface area contributed by atoms with E-state index in [1.54, 1.807) is 6.07 Å². The Morgan fingerprint density at radius 2 is 2.11 bits per heavy atom. The highest BCUT2D eigenvalue weighted by Crippen LogP contribution is 2.15. The van der Waals surface area contributed by atoms with Crippen LogP contribution in [-0.4, -0.2) is 20.7 Å². The number of hydrogen-bond acceptors (Lipinski definition) is 3. The molecule has 0 amide bonds. The zero-order chi connectivity index (χ0) is 13.3. The van der Waals surface area contributed by atoms with Gasteiger partial charge in [-0.3, -0.25) is 4.79 Å². The fourth-order valence-corrected chi connectivity index (χ4v) is 2.04. The van der Waals surface area contributed by atoms with Crippen LogP contribution >= 0.6 is 0 Å². The van der Waals surface area contributed by atoms with E-state index in [-0.39, 0.29) is 5.56 Å². The summed E-state index contributed by atoms with van der Waals surface area (Å²) in [5, 5.41) is 4.35. The van der Waals surface area contributed by atoms with Gasteiger partial charge in [0.2, 0.25) is 0 Å². The van der Waals surface area contributed by atoms with Gasteiger partial charge in [-0.1, -0.05) is 13.8 Å². The van der Waals surface area contributed by atoms with Gasteiger partial charge in [-0.25, -0.2) is 0 Å². The number of rotatable bonds is 4. The normalized spacial score (nSPS) is 11.6. The molecule has 0 saturated heterocycles. The molecular formula is C13H20N4O. The Morgan fingerprint density at radius 3 is 2.72 bits per heavy atom. The molecule has 0 aliphatic carbocycles. The average Bonchev–Trinajstić information content (AvgIpc) is 2.78. The monoisotopic (exact) mass is 248 g/mol. The summed E-state index contributed by atoms with van der Waals surface area (Å²) in [6.07, 6.45) is 1.70. The van der Waals surface area contributed by atoms with Gasteiger partial charge in [-0.15, -0.1) is 0 Å². The summed E-state index contributed by atoms with van der Waals surface area (Å²) in [4.78, 5) is 12.0. The first-order valence-electron chi connectivity index (χ1n) is 6.33. The summed E-state index contributed by atoms with van der Waals surface area (Å²) in [5.41, 5.74) is 8.24. The Bertz CT molecular complexity index is 609. The highest BCUT2D eigenvalue weighted by atomic mass is 16.1. The summed E-state index contributed by atoms with van der Waals surface area (Å²) in [7, 11) is 1.96. The van der Waals surface area contributed by atoms with Crippen LogP contribution in [0.1, 0.15) is 37.6 Å². The van der Waals surface area contributed by atoms with Crippen molar-refractivity contribution in [2.75, 3.05) is 6.54 Å². The molecule has 0 unspecified atom stereocenters. The molecule has 2 N–H and O–H groups in total. The van der Waals surface area contributed by atoms with Crippen LogP contribution in [-0.2, 0) is 13.5 Å². The van der Waals surface area contributed by atoms with E-state index in [9.17, 15) is 4.79 Å². The zero-order valence-corrected chi connectivity index (χ0v) is 11.2. The highest BCUT2D eigenvalue weighted by molar-refractivity contribution is 5.42. The molecule has 2 heterocycles. The molecule has 0 radical (unpaired) electrons. The molecule has 0 fully saturated rings. The van der Waals surface area contributed by atoms with Gasteiger partial charge in [0.05, 0.1) is 5.69 Å². The van der Waals surface area contributed by atoms with Crippen molar-refractivity contribution >= 4 is 5.65 Å². The van der Waals surface area contributed by atoms with E-state index in [1.165, 1.54) is 4.52 Å². The summed E-state index contributed by atoms with van der Waals surface area (Å²) in [6.45, 7) is 4.78. The minimum atomic E-state index is -0.0676. The third kappa shape index (κ3) is 2.18. The highest BCUT2D eigenvalue weighted by Gasteiger charge is 2.11. The summed E-state index contributed by atoms with van der Waals surface area (Å²) >= 11 is 0. The number of hydrogen-bond donors (Lipinski definition) is 1. The Kier molecular flexibility index (Phi) is 3.52. The van der Waals surface area contributed by atoms with E-state index in [2.05, 4.69) is 18.9 Å². The second-order valence-corrected chi connectivity index (χ2v) is 4.92. The van der Waals surface area contributed by atoms with Crippen LogP contribution < -0.4 is 11.3 Å². The molecule has 0 spiro atoms. The van der Waals surface area contributed by atoms with Crippen molar-refractivity contribution in [2.24, 2.45) is 12.8 Å². The van der Waals surface area contributed by atoms with Gasteiger partial charge in [0.25, 0.3) is 5.56 Å². The molecule has 18 heavy (non-hydrogen) atoms. The molecule has 2 aromatic rings. The van der Waals surface area contributed by atoms with Gasteiger partial charge in [0.1, 0.15) is 5.65 Å². The average molecular weight is 248 g/mol. The van der Waals surface area contributed by atoms with Crippen LogP contribution in [0.2, 0.25) is 0 Å². The Balaban J connectivity index is 2.58. The largest absolute Gasteiger partial charge is 0.333 e. The predicted molar refractivity (Wildman–Crippen MR) is 71.9 cm³/mol. The number of aryl methyl sites for hydroxylation is 2. The fourth-order valence-electron chi connectivity index (χ4n) is 2.04. The third-order valence-electron chi connectivity index (χ3n) is 3.21. The zero-order valence-electron chi connectivity index (χ0n) is 11.2. The molecule has 2 aromatic heterocycles. The second-order valence-electron chi connectivity index (χ2n) is 4.92. The Hall–Kier alpha value is -1.62. The van der Waals surface area contributed by atoms with Crippen LogP contribution in [0.15, 0.2) is 16.9 Å². The Labute approximate surface area is 106 Å². The standard InChI is InChI=1S/C13H20N4O/c1-9(2)11-8-12-16(3)10(5-4-6-14)7-13(18)17(12)15-11/h7-9H,4-6,14H2,1-3H3. The maximum absolute atomic E-state index is 12.0. The molecule has 0 atom stereocenters. The van der Waals surface area contributed by atoms with Crippen molar-refractivity contribution in [2.45, 2.75) is 32.6 Å². The topological polar surface area (TPSA) is 65.3 Å². The molecule has 0 aliphatic rings. The van der Waals surface area contributed by atoms with Crippen molar-refractivity contribution in [1.29, 1.82) is 0 Å². The third-order valence-corrected chi connectivity index (χ3v) is 3.21. The SMILES string of the molecule is CC(C)c1cc2n(C)c(CCCN)cc(=O)n2n1. The molecule has 5 heteroatoms. The lowest BCUT2D eigenvalue weighted by Crippen LogP contribution is -2.20. The fraction of sp³-hybridized carbons (Fsp3) is 0.538. The Morgan fingerprint density at radius 1 is 1.39 bits per heavy atom. The number of nitrogens with zero attached hydrogens (tertiary/aromatic N) is 3. The van der Waals surface area contributed by atoms with E-state index in [0.717, 1.165) is 29.9 Å². The van der Waals surface area contributed by atoms with Crippen LogP contribution in [0, 0.1) is 0 Å². The van der Waals surface area contributed by atoms with Crippen LogP contribution in [0.5, 0.6) is 0 Å². The van der Waals surface area contributed by atoms with Gasteiger partial charge < -0.3 is 10.3 Å². The minimum absolute atomic E-state index is 0.0676. The van der Waals surface area contributed by atoms with Crippen molar-refractivity contribution in [1.82, 2.24) is 14.2 Å². The van der Waals surface area contributed by atoms with Crippen LogP contribution in [0.25, 0.3) is 5.65 Å². The van der Waals surface area contributed by atoms with Gasteiger partial charge in [-0.2, -0.15) is 9.61 Å². The molecule has 0 aliphatic heterocycles. The lowest BCUT2D eigenvalue weighted by atomic mass is 10.1. The van der Waals surface area contributed by atoms with Crippen LogP contribution in [0.4, 0.5) is 0 Å². The maximum Gasteiger partial charge on any atom is 0.274 e. The first kappa shape index (κ1) is 12.8. The van der Waals surface area contributed by atoms with Crippen molar-refractivity contribution in [3.8, 4) is 0 Å². The minimum Gasteiger partial charge on any atom is -0.333 e.